The molecule has 0 saturated heterocycles. The van der Waals surface area contributed by atoms with E-state index >= 15 is 0 Å². The second kappa shape index (κ2) is 5.66. The van der Waals surface area contributed by atoms with Crippen LogP contribution in [-0.4, -0.2) is 24.8 Å². The Bertz CT molecular complexity index is 455. The fourth-order valence-corrected chi connectivity index (χ4v) is 1.51. The van der Waals surface area contributed by atoms with Gasteiger partial charge in [0.1, 0.15) is 11.6 Å². The molecule has 0 spiro atoms. The molecule has 0 amide bonds. The summed E-state index contributed by atoms with van der Waals surface area (Å²) in [4.78, 5) is 13.6. The molecular weight excluding hydrogens is 315 g/mol. The summed E-state index contributed by atoms with van der Waals surface area (Å²) in [5.41, 5.74) is 0.682. The number of nitriles is 1. The SMILES string of the molecule is CN(C)/C=C(\C#N)C(=O)c1ccc(I)cc1. The number of allylic oxidation sites excluding steroid dienone is 1. The molecule has 1 aromatic rings. The molecule has 4 heteroatoms. The average molecular weight is 326 g/mol. The standard InChI is InChI=1S/C12H11IN2O/c1-15(2)8-10(7-14)12(16)9-3-5-11(13)6-4-9/h3-6,8H,1-2H3/b10-8+. The van der Waals surface area contributed by atoms with E-state index in [1.165, 1.54) is 6.20 Å². The van der Waals surface area contributed by atoms with Crippen LogP contribution in [0.5, 0.6) is 0 Å². The zero-order valence-corrected chi connectivity index (χ0v) is 11.2. The van der Waals surface area contributed by atoms with E-state index < -0.39 is 0 Å². The van der Waals surface area contributed by atoms with Crippen LogP contribution in [0.15, 0.2) is 36.0 Å². The van der Waals surface area contributed by atoms with Crippen molar-refractivity contribution < 1.29 is 4.79 Å². The monoisotopic (exact) mass is 326 g/mol. The molecule has 0 aliphatic heterocycles. The summed E-state index contributed by atoms with van der Waals surface area (Å²) in [6.45, 7) is 0. The van der Waals surface area contributed by atoms with Gasteiger partial charge in [0.2, 0.25) is 5.78 Å². The van der Waals surface area contributed by atoms with Crippen LogP contribution in [0.4, 0.5) is 0 Å². The van der Waals surface area contributed by atoms with Crippen molar-refractivity contribution in [3.05, 3.63) is 45.2 Å². The third kappa shape index (κ3) is 3.35. The van der Waals surface area contributed by atoms with E-state index in [1.807, 2.05) is 18.2 Å². The van der Waals surface area contributed by atoms with Crippen molar-refractivity contribution in [3.63, 3.8) is 0 Å². The van der Waals surface area contributed by atoms with Gasteiger partial charge in [-0.3, -0.25) is 4.79 Å². The van der Waals surface area contributed by atoms with Gasteiger partial charge in [0.15, 0.2) is 0 Å². The van der Waals surface area contributed by atoms with E-state index in [0.717, 1.165) is 3.57 Å². The maximum atomic E-state index is 11.9. The first-order chi connectivity index (χ1) is 7.54. The Morgan fingerprint density at radius 1 is 1.38 bits per heavy atom. The van der Waals surface area contributed by atoms with Crippen LogP contribution >= 0.6 is 22.6 Å². The number of halogens is 1. The number of nitrogens with zero attached hydrogens (tertiary/aromatic N) is 2. The molecular formula is C12H11IN2O. The van der Waals surface area contributed by atoms with E-state index in [0.29, 0.717) is 5.56 Å². The number of rotatable bonds is 3. The smallest absolute Gasteiger partial charge is 0.205 e. The highest BCUT2D eigenvalue weighted by atomic mass is 127. The molecule has 0 aliphatic carbocycles. The molecule has 0 saturated carbocycles. The van der Waals surface area contributed by atoms with Crippen molar-refractivity contribution in [2.75, 3.05) is 14.1 Å². The van der Waals surface area contributed by atoms with Crippen LogP contribution < -0.4 is 0 Å². The Kier molecular flexibility index (Phi) is 4.50. The minimum absolute atomic E-state index is 0.145. The summed E-state index contributed by atoms with van der Waals surface area (Å²) in [6, 6.07) is 9.06. The summed E-state index contributed by atoms with van der Waals surface area (Å²) >= 11 is 2.17. The fourth-order valence-electron chi connectivity index (χ4n) is 1.15. The lowest BCUT2D eigenvalue weighted by atomic mass is 10.1. The minimum atomic E-state index is -0.243. The average Bonchev–Trinajstić information content (AvgIpc) is 2.25. The van der Waals surface area contributed by atoms with Crippen molar-refractivity contribution in [1.82, 2.24) is 4.90 Å². The van der Waals surface area contributed by atoms with Gasteiger partial charge in [-0.2, -0.15) is 5.26 Å². The highest BCUT2D eigenvalue weighted by Gasteiger charge is 2.11. The van der Waals surface area contributed by atoms with E-state index in [1.54, 1.807) is 31.1 Å². The molecule has 0 bridgehead atoms. The summed E-state index contributed by atoms with van der Waals surface area (Å²) in [7, 11) is 3.55. The molecule has 82 valence electrons. The Morgan fingerprint density at radius 3 is 2.38 bits per heavy atom. The fraction of sp³-hybridized carbons (Fsp3) is 0.167. The van der Waals surface area contributed by atoms with Crippen LogP contribution in [0, 0.1) is 14.9 Å². The van der Waals surface area contributed by atoms with Gasteiger partial charge in [0.05, 0.1) is 0 Å². The second-order valence-electron chi connectivity index (χ2n) is 3.45. The molecule has 3 nitrogen and oxygen atoms in total. The molecule has 1 rings (SSSR count). The van der Waals surface area contributed by atoms with Gasteiger partial charge in [-0.05, 0) is 46.9 Å². The quantitative estimate of drug-likeness (QED) is 0.371. The minimum Gasteiger partial charge on any atom is -0.382 e. The zero-order chi connectivity index (χ0) is 12.1. The van der Waals surface area contributed by atoms with Crippen molar-refractivity contribution in [3.8, 4) is 6.07 Å². The van der Waals surface area contributed by atoms with Crippen molar-refractivity contribution in [2.24, 2.45) is 0 Å². The molecule has 1 aromatic carbocycles. The second-order valence-corrected chi connectivity index (χ2v) is 4.70. The molecule has 0 atom stereocenters. The van der Waals surface area contributed by atoms with Crippen molar-refractivity contribution >= 4 is 28.4 Å². The van der Waals surface area contributed by atoms with Gasteiger partial charge in [0, 0.05) is 29.4 Å². The van der Waals surface area contributed by atoms with E-state index in [9.17, 15) is 4.79 Å². The topological polar surface area (TPSA) is 44.1 Å². The molecule has 0 N–H and O–H groups in total. The normalized spacial score (nSPS) is 10.8. The lowest BCUT2D eigenvalue weighted by molar-refractivity contribution is 0.103. The van der Waals surface area contributed by atoms with Gasteiger partial charge in [-0.1, -0.05) is 0 Å². The Morgan fingerprint density at radius 2 is 1.94 bits per heavy atom. The predicted molar refractivity (Wildman–Crippen MR) is 70.9 cm³/mol. The third-order valence-corrected chi connectivity index (χ3v) is 2.58. The first kappa shape index (κ1) is 12.7. The third-order valence-electron chi connectivity index (χ3n) is 1.86. The number of hydrogen-bond donors (Lipinski definition) is 0. The first-order valence-electron chi connectivity index (χ1n) is 4.63. The van der Waals surface area contributed by atoms with E-state index in [2.05, 4.69) is 22.6 Å². The lowest BCUT2D eigenvalue weighted by Crippen LogP contribution is -2.08. The maximum absolute atomic E-state index is 11.9. The summed E-state index contributed by atoms with van der Waals surface area (Å²) in [6.07, 6.45) is 1.53. The number of carbonyl (C=O) groups is 1. The van der Waals surface area contributed by atoms with Gasteiger partial charge in [-0.15, -0.1) is 0 Å². The molecule has 0 heterocycles. The highest BCUT2D eigenvalue weighted by Crippen LogP contribution is 2.11. The first-order valence-corrected chi connectivity index (χ1v) is 5.71. The molecule has 0 aromatic heterocycles. The molecule has 0 aliphatic rings. The number of hydrogen-bond acceptors (Lipinski definition) is 3. The Hall–Kier alpha value is -1.35. The van der Waals surface area contributed by atoms with Gasteiger partial charge < -0.3 is 4.90 Å². The summed E-state index contributed by atoms with van der Waals surface area (Å²) in [5, 5.41) is 8.89. The van der Waals surface area contributed by atoms with Crippen molar-refractivity contribution in [1.29, 1.82) is 5.26 Å². The number of ketones is 1. The summed E-state index contributed by atoms with van der Waals surface area (Å²) in [5.74, 6) is -0.243. The lowest BCUT2D eigenvalue weighted by Gasteiger charge is -2.05. The Labute approximate surface area is 109 Å². The van der Waals surface area contributed by atoms with E-state index in [-0.39, 0.29) is 11.4 Å². The van der Waals surface area contributed by atoms with Crippen LogP contribution in [0.1, 0.15) is 10.4 Å². The molecule has 0 unspecified atom stereocenters. The predicted octanol–water partition coefficient (Wildman–Crippen LogP) is 2.44. The largest absolute Gasteiger partial charge is 0.382 e. The molecule has 0 radical (unpaired) electrons. The maximum Gasteiger partial charge on any atom is 0.205 e. The molecule has 16 heavy (non-hydrogen) atoms. The van der Waals surface area contributed by atoms with Gasteiger partial charge >= 0.3 is 0 Å². The van der Waals surface area contributed by atoms with Crippen LogP contribution in [0.2, 0.25) is 0 Å². The zero-order valence-electron chi connectivity index (χ0n) is 9.07. The molecule has 0 fully saturated rings. The van der Waals surface area contributed by atoms with E-state index in [4.69, 9.17) is 5.26 Å². The number of carbonyl (C=O) groups excluding carboxylic acids is 1. The van der Waals surface area contributed by atoms with Crippen LogP contribution in [0.25, 0.3) is 0 Å². The van der Waals surface area contributed by atoms with Crippen LogP contribution in [-0.2, 0) is 0 Å². The van der Waals surface area contributed by atoms with Crippen molar-refractivity contribution in [2.45, 2.75) is 0 Å². The van der Waals surface area contributed by atoms with Crippen LogP contribution in [0.3, 0.4) is 0 Å². The van der Waals surface area contributed by atoms with Gasteiger partial charge in [0.25, 0.3) is 0 Å². The van der Waals surface area contributed by atoms with Gasteiger partial charge in [-0.25, -0.2) is 0 Å². The number of Topliss-reactive ketones (excluding diaryl/α,β-unsaturated/α-hetero) is 1. The summed E-state index contributed by atoms with van der Waals surface area (Å²) < 4.78 is 1.06. The highest BCUT2D eigenvalue weighted by molar-refractivity contribution is 14.1. The number of benzene rings is 1. The Balaban J connectivity index is 3.02.